The number of carbonyl (C=O) groups is 2. The summed E-state index contributed by atoms with van der Waals surface area (Å²) in [6, 6.07) is 13.2. The van der Waals surface area contributed by atoms with Gasteiger partial charge in [0, 0.05) is 24.1 Å². The van der Waals surface area contributed by atoms with Crippen LogP contribution in [0, 0.1) is 17.0 Å². The molecule has 0 radical (unpaired) electrons. The molecule has 1 amide bonds. The summed E-state index contributed by atoms with van der Waals surface area (Å²) < 4.78 is 0. The summed E-state index contributed by atoms with van der Waals surface area (Å²) in [4.78, 5) is 34.8. The van der Waals surface area contributed by atoms with Gasteiger partial charge in [-0.3, -0.25) is 19.7 Å². The molecule has 8 nitrogen and oxygen atoms in total. The molecule has 1 unspecified atom stereocenters. The maximum atomic E-state index is 12.4. The number of nitrogens with zero attached hydrogens (tertiary/aromatic N) is 3. The number of aryl methyl sites for hydroxylation is 1. The van der Waals surface area contributed by atoms with E-state index in [0.29, 0.717) is 22.0 Å². The molecule has 0 bridgehead atoms. The van der Waals surface area contributed by atoms with E-state index in [4.69, 9.17) is 0 Å². The summed E-state index contributed by atoms with van der Waals surface area (Å²) in [5.74, 6) is -0.387. The van der Waals surface area contributed by atoms with E-state index >= 15 is 0 Å². The number of rotatable bonds is 6. The van der Waals surface area contributed by atoms with Crippen molar-refractivity contribution >= 4 is 40.0 Å². The number of hydrogen-bond donors (Lipinski definition) is 1. The highest BCUT2D eigenvalue weighted by Crippen LogP contribution is 2.24. The number of non-ortho nitro benzene ring substituents is 1. The topological polar surface area (TPSA) is 114 Å². The number of Topliss-reactive ketones (excluding diaryl/α,β-unsaturated/α-hetero) is 1. The number of carbonyl (C=O) groups excluding carboxylic acids is 2. The van der Waals surface area contributed by atoms with Gasteiger partial charge in [-0.1, -0.05) is 41.6 Å². The number of benzene rings is 2. The number of nitro groups is 1. The molecule has 0 spiro atoms. The Morgan fingerprint density at radius 1 is 1.14 bits per heavy atom. The van der Waals surface area contributed by atoms with Crippen molar-refractivity contribution in [2.75, 3.05) is 0 Å². The molecule has 148 valence electrons. The van der Waals surface area contributed by atoms with Crippen LogP contribution in [-0.4, -0.2) is 32.7 Å². The molecule has 1 saturated heterocycles. The zero-order valence-electron chi connectivity index (χ0n) is 15.8. The third-order valence-corrected chi connectivity index (χ3v) is 5.38. The predicted molar refractivity (Wildman–Crippen MR) is 112 cm³/mol. The Morgan fingerprint density at radius 2 is 1.76 bits per heavy atom. The minimum Gasteiger partial charge on any atom is -0.303 e. The molecule has 1 fully saturated rings. The van der Waals surface area contributed by atoms with Crippen molar-refractivity contribution in [3.63, 3.8) is 0 Å². The van der Waals surface area contributed by atoms with Gasteiger partial charge in [0.25, 0.3) is 5.69 Å². The van der Waals surface area contributed by atoms with Gasteiger partial charge in [-0.05, 0) is 31.5 Å². The van der Waals surface area contributed by atoms with Gasteiger partial charge in [0.15, 0.2) is 11.0 Å². The predicted octanol–water partition coefficient (Wildman–Crippen LogP) is 3.49. The van der Waals surface area contributed by atoms with Crippen molar-refractivity contribution in [2.45, 2.75) is 25.5 Å². The molecule has 1 atom stereocenters. The number of nitrogens with one attached hydrogen (secondary N) is 1. The van der Waals surface area contributed by atoms with E-state index in [9.17, 15) is 19.7 Å². The lowest BCUT2D eigenvalue weighted by Crippen LogP contribution is -2.26. The Balaban J connectivity index is 1.64. The number of nitro benzene ring substituents is 1. The molecular formula is C20H18N4O4S. The van der Waals surface area contributed by atoms with E-state index in [2.05, 4.69) is 15.5 Å². The Morgan fingerprint density at radius 3 is 2.38 bits per heavy atom. The van der Waals surface area contributed by atoms with E-state index in [1.807, 2.05) is 19.1 Å². The van der Waals surface area contributed by atoms with Crippen molar-refractivity contribution in [2.24, 2.45) is 10.2 Å². The number of amides is 1. The van der Waals surface area contributed by atoms with Crippen molar-refractivity contribution in [1.29, 1.82) is 0 Å². The number of ketones is 1. The molecule has 1 heterocycles. The van der Waals surface area contributed by atoms with Crippen LogP contribution in [0.4, 0.5) is 5.69 Å². The first-order valence-electron chi connectivity index (χ1n) is 8.78. The lowest BCUT2D eigenvalue weighted by Gasteiger charge is -2.04. The molecule has 1 N–H and O–H groups in total. The highest BCUT2D eigenvalue weighted by molar-refractivity contribution is 8.15. The van der Waals surface area contributed by atoms with E-state index in [1.165, 1.54) is 12.1 Å². The lowest BCUT2D eigenvalue weighted by atomic mass is 10.0. The Bertz CT molecular complexity index is 1010. The van der Waals surface area contributed by atoms with Crippen molar-refractivity contribution in [3.05, 3.63) is 75.3 Å². The molecule has 1 aliphatic heterocycles. The third kappa shape index (κ3) is 5.14. The van der Waals surface area contributed by atoms with Gasteiger partial charge < -0.3 is 5.32 Å². The van der Waals surface area contributed by atoms with Crippen LogP contribution in [0.15, 0.2) is 58.7 Å². The maximum absolute atomic E-state index is 12.4. The monoisotopic (exact) mass is 410 g/mol. The quantitative estimate of drug-likeness (QED) is 0.339. The number of amidine groups is 1. The van der Waals surface area contributed by atoms with Crippen LogP contribution in [0.5, 0.6) is 0 Å². The summed E-state index contributed by atoms with van der Waals surface area (Å²) >= 11 is 1.16. The SMILES string of the molecule is C/C(=N\N=C1/NC(=O)C(CC(=O)c2ccc(C)cc2)S1)c1ccc([N+](=O)[O-])cc1. The van der Waals surface area contributed by atoms with Crippen LogP contribution < -0.4 is 5.32 Å². The summed E-state index contributed by atoms with van der Waals surface area (Å²) in [6.07, 6.45) is 0.0730. The molecule has 0 aromatic heterocycles. The van der Waals surface area contributed by atoms with Gasteiger partial charge in [0.2, 0.25) is 5.91 Å². The molecular weight excluding hydrogens is 392 g/mol. The average Bonchev–Trinajstić information content (AvgIpc) is 3.06. The van der Waals surface area contributed by atoms with Crippen LogP contribution in [0.2, 0.25) is 0 Å². The minimum atomic E-state index is -0.558. The number of thioether (sulfide) groups is 1. The van der Waals surface area contributed by atoms with Gasteiger partial charge in [-0.25, -0.2) is 0 Å². The van der Waals surface area contributed by atoms with Gasteiger partial charge in [-0.15, -0.1) is 5.10 Å². The fraction of sp³-hybridized carbons (Fsp3) is 0.200. The van der Waals surface area contributed by atoms with E-state index < -0.39 is 10.2 Å². The molecule has 0 saturated carbocycles. The van der Waals surface area contributed by atoms with Crippen LogP contribution >= 0.6 is 11.8 Å². The zero-order chi connectivity index (χ0) is 21.0. The molecule has 29 heavy (non-hydrogen) atoms. The second kappa shape index (κ2) is 8.78. The van der Waals surface area contributed by atoms with Crippen LogP contribution in [0.1, 0.15) is 34.8 Å². The van der Waals surface area contributed by atoms with E-state index in [1.54, 1.807) is 31.2 Å². The molecule has 0 aliphatic carbocycles. The molecule has 9 heteroatoms. The van der Waals surface area contributed by atoms with Crippen molar-refractivity contribution in [1.82, 2.24) is 5.32 Å². The maximum Gasteiger partial charge on any atom is 0.269 e. The largest absolute Gasteiger partial charge is 0.303 e. The van der Waals surface area contributed by atoms with Crippen LogP contribution in [0.3, 0.4) is 0 Å². The second-order valence-corrected chi connectivity index (χ2v) is 7.68. The smallest absolute Gasteiger partial charge is 0.269 e. The molecule has 2 aromatic rings. The summed E-state index contributed by atoms with van der Waals surface area (Å²) in [5.41, 5.74) is 2.85. The fourth-order valence-corrected chi connectivity index (χ4v) is 3.53. The van der Waals surface area contributed by atoms with E-state index in [0.717, 1.165) is 17.3 Å². The van der Waals surface area contributed by atoms with Crippen molar-refractivity contribution in [3.8, 4) is 0 Å². The lowest BCUT2D eigenvalue weighted by molar-refractivity contribution is -0.384. The second-order valence-electron chi connectivity index (χ2n) is 6.48. The first-order valence-corrected chi connectivity index (χ1v) is 9.66. The van der Waals surface area contributed by atoms with Gasteiger partial charge >= 0.3 is 0 Å². The molecule has 1 aliphatic rings. The number of hydrogen-bond acceptors (Lipinski definition) is 7. The normalized spacial score (nSPS) is 18.0. The molecule has 3 rings (SSSR count). The van der Waals surface area contributed by atoms with Crippen LogP contribution in [0.25, 0.3) is 0 Å². The van der Waals surface area contributed by atoms with Crippen LogP contribution in [-0.2, 0) is 4.79 Å². The van der Waals surface area contributed by atoms with Gasteiger partial charge in [0.1, 0.15) is 0 Å². The summed E-state index contributed by atoms with van der Waals surface area (Å²) in [5, 5.41) is 21.2. The highest BCUT2D eigenvalue weighted by Gasteiger charge is 2.32. The standard InChI is InChI=1S/C20H18N4O4S/c1-12-3-5-15(6-4-12)17(25)11-18-19(26)21-20(29-18)23-22-13(2)14-7-9-16(10-8-14)24(27)28/h3-10,18H,11H2,1-2H3,(H,21,23,26)/b22-13+. The minimum absolute atomic E-state index is 0.00689. The third-order valence-electron chi connectivity index (χ3n) is 4.31. The van der Waals surface area contributed by atoms with Crippen molar-refractivity contribution < 1.29 is 14.5 Å². The first kappa shape index (κ1) is 20.4. The van der Waals surface area contributed by atoms with Gasteiger partial charge in [-0.2, -0.15) is 5.10 Å². The highest BCUT2D eigenvalue weighted by atomic mass is 32.2. The Hall–Kier alpha value is -3.33. The fourth-order valence-electron chi connectivity index (χ4n) is 2.61. The average molecular weight is 410 g/mol. The first-order chi connectivity index (χ1) is 13.8. The Labute approximate surface area is 171 Å². The van der Waals surface area contributed by atoms with E-state index in [-0.39, 0.29) is 23.8 Å². The Kier molecular flexibility index (Phi) is 6.18. The zero-order valence-corrected chi connectivity index (χ0v) is 16.6. The summed E-state index contributed by atoms with van der Waals surface area (Å²) in [7, 11) is 0. The van der Waals surface area contributed by atoms with Gasteiger partial charge in [0.05, 0.1) is 15.9 Å². The molecule has 2 aromatic carbocycles. The summed E-state index contributed by atoms with van der Waals surface area (Å²) in [6.45, 7) is 3.65.